The second kappa shape index (κ2) is 5.68. The summed E-state index contributed by atoms with van der Waals surface area (Å²) in [6, 6.07) is 9.00. The van der Waals surface area contributed by atoms with Gasteiger partial charge in [0.2, 0.25) is 0 Å². The van der Waals surface area contributed by atoms with E-state index >= 15 is 0 Å². The predicted octanol–water partition coefficient (Wildman–Crippen LogP) is 4.64. The van der Waals surface area contributed by atoms with Crippen LogP contribution >= 0.6 is 0 Å². The molecule has 0 aliphatic carbocycles. The molecule has 2 aromatic carbocycles. The number of ketones is 1. The van der Waals surface area contributed by atoms with E-state index in [0.717, 1.165) is 11.6 Å². The molecule has 0 aliphatic heterocycles. The third-order valence-corrected chi connectivity index (χ3v) is 3.18. The van der Waals surface area contributed by atoms with Crippen LogP contribution in [0.2, 0.25) is 0 Å². The Morgan fingerprint density at radius 2 is 1.76 bits per heavy atom. The Hall–Kier alpha value is -2.17. The molecule has 0 heterocycles. The molecule has 2 rings (SSSR count). The first kappa shape index (κ1) is 15.2. The normalized spacial score (nSPS) is 11.5. The molecule has 0 fully saturated rings. The van der Waals surface area contributed by atoms with Crippen molar-refractivity contribution in [1.82, 2.24) is 0 Å². The number of hydrogen-bond donors (Lipinski definition) is 0. The van der Waals surface area contributed by atoms with Gasteiger partial charge in [-0.25, -0.2) is 4.39 Å². The van der Waals surface area contributed by atoms with Gasteiger partial charge >= 0.3 is 6.18 Å². The minimum atomic E-state index is -4.77. The maximum Gasteiger partial charge on any atom is 0.419 e. The Morgan fingerprint density at radius 1 is 1.10 bits per heavy atom. The Bertz CT molecular complexity index is 674. The van der Waals surface area contributed by atoms with Gasteiger partial charge in [-0.1, -0.05) is 37.3 Å². The molecule has 0 unspecified atom stereocenters. The molecular formula is C16H12F4O. The molecule has 0 saturated heterocycles. The van der Waals surface area contributed by atoms with Crippen molar-refractivity contribution in [1.29, 1.82) is 0 Å². The van der Waals surface area contributed by atoms with Crippen LogP contribution in [0.4, 0.5) is 17.6 Å². The van der Waals surface area contributed by atoms with Gasteiger partial charge in [0.15, 0.2) is 5.78 Å². The molecule has 0 radical (unpaired) electrons. The van der Waals surface area contributed by atoms with Gasteiger partial charge in [0.25, 0.3) is 0 Å². The van der Waals surface area contributed by atoms with Gasteiger partial charge in [-0.15, -0.1) is 0 Å². The molecule has 2 aromatic rings. The number of halogens is 4. The molecular weight excluding hydrogens is 284 g/mol. The summed E-state index contributed by atoms with van der Waals surface area (Å²) in [5.41, 5.74) is -0.328. The minimum Gasteiger partial charge on any atom is -0.289 e. The monoisotopic (exact) mass is 296 g/mol. The van der Waals surface area contributed by atoms with Crippen molar-refractivity contribution in [2.24, 2.45) is 0 Å². The van der Waals surface area contributed by atoms with Crippen LogP contribution in [0.5, 0.6) is 0 Å². The molecule has 21 heavy (non-hydrogen) atoms. The van der Waals surface area contributed by atoms with Crippen molar-refractivity contribution in [2.75, 3.05) is 0 Å². The van der Waals surface area contributed by atoms with Crippen LogP contribution in [0.15, 0.2) is 42.5 Å². The lowest BCUT2D eigenvalue weighted by Gasteiger charge is -2.10. The Labute approximate surface area is 119 Å². The van der Waals surface area contributed by atoms with Crippen molar-refractivity contribution in [3.63, 3.8) is 0 Å². The van der Waals surface area contributed by atoms with E-state index in [1.165, 1.54) is 0 Å². The zero-order chi connectivity index (χ0) is 15.6. The summed E-state index contributed by atoms with van der Waals surface area (Å²) in [6.45, 7) is 1.86. The molecule has 0 bridgehead atoms. The van der Waals surface area contributed by atoms with Crippen molar-refractivity contribution in [3.05, 3.63) is 70.5 Å². The lowest BCUT2D eigenvalue weighted by atomic mass is 9.96. The number of benzene rings is 2. The fourth-order valence-corrected chi connectivity index (χ4v) is 2.09. The maximum atomic E-state index is 13.5. The number of carbonyl (C=O) groups excluding carboxylic acids is 1. The zero-order valence-electron chi connectivity index (χ0n) is 11.2. The molecule has 1 nitrogen and oxygen atoms in total. The largest absolute Gasteiger partial charge is 0.419 e. The Balaban J connectivity index is 2.43. The van der Waals surface area contributed by atoms with Crippen LogP contribution < -0.4 is 0 Å². The topological polar surface area (TPSA) is 17.1 Å². The van der Waals surface area contributed by atoms with Crippen LogP contribution in [-0.4, -0.2) is 5.78 Å². The Kier molecular flexibility index (Phi) is 4.11. The Morgan fingerprint density at radius 3 is 2.33 bits per heavy atom. The second-order valence-corrected chi connectivity index (χ2v) is 4.53. The number of carbonyl (C=O) groups is 1. The molecule has 0 atom stereocenters. The van der Waals surface area contributed by atoms with Gasteiger partial charge in [0.1, 0.15) is 5.82 Å². The quantitative estimate of drug-likeness (QED) is 0.596. The lowest BCUT2D eigenvalue weighted by Crippen LogP contribution is -2.11. The van der Waals surface area contributed by atoms with Crippen molar-refractivity contribution in [2.45, 2.75) is 19.5 Å². The van der Waals surface area contributed by atoms with Crippen LogP contribution in [0.3, 0.4) is 0 Å². The predicted molar refractivity (Wildman–Crippen MR) is 70.7 cm³/mol. The van der Waals surface area contributed by atoms with Gasteiger partial charge in [-0.3, -0.25) is 4.79 Å². The summed E-state index contributed by atoms with van der Waals surface area (Å²) in [4.78, 5) is 12.3. The molecule has 110 valence electrons. The first-order chi connectivity index (χ1) is 9.84. The molecule has 0 saturated carbocycles. The molecule has 0 aliphatic rings. The number of aryl methyl sites for hydroxylation is 1. The number of alkyl halides is 3. The van der Waals surface area contributed by atoms with Crippen molar-refractivity contribution in [3.8, 4) is 0 Å². The van der Waals surface area contributed by atoms with Gasteiger partial charge in [-0.05, 0) is 24.1 Å². The standard InChI is InChI=1S/C16H12F4O/c1-2-10-5-3-4-6-12(10)15(21)11-7-8-13(14(17)9-11)16(18,19)20/h3-9H,2H2,1H3. The molecule has 0 N–H and O–H groups in total. The smallest absolute Gasteiger partial charge is 0.289 e. The lowest BCUT2D eigenvalue weighted by molar-refractivity contribution is -0.140. The SMILES string of the molecule is CCc1ccccc1C(=O)c1ccc(C(F)(F)F)c(F)c1. The third kappa shape index (κ3) is 3.12. The second-order valence-electron chi connectivity index (χ2n) is 4.53. The van der Waals surface area contributed by atoms with E-state index in [1.54, 1.807) is 24.3 Å². The fourth-order valence-electron chi connectivity index (χ4n) is 2.09. The highest BCUT2D eigenvalue weighted by Gasteiger charge is 2.34. The molecule has 0 spiro atoms. The van der Waals surface area contributed by atoms with E-state index in [0.29, 0.717) is 24.1 Å². The van der Waals surface area contributed by atoms with Crippen LogP contribution in [0, 0.1) is 5.82 Å². The summed E-state index contributed by atoms with van der Waals surface area (Å²) in [5, 5.41) is 0. The molecule has 5 heteroatoms. The first-order valence-electron chi connectivity index (χ1n) is 6.34. The average Bonchev–Trinajstić information content (AvgIpc) is 2.45. The maximum absolute atomic E-state index is 13.5. The molecule has 0 aromatic heterocycles. The van der Waals surface area contributed by atoms with Gasteiger partial charge in [-0.2, -0.15) is 13.2 Å². The highest BCUT2D eigenvalue weighted by molar-refractivity contribution is 6.09. The van der Waals surface area contributed by atoms with Crippen LogP contribution in [0.1, 0.15) is 34.0 Å². The van der Waals surface area contributed by atoms with E-state index in [9.17, 15) is 22.4 Å². The van der Waals surface area contributed by atoms with Gasteiger partial charge in [0.05, 0.1) is 5.56 Å². The van der Waals surface area contributed by atoms with Gasteiger partial charge in [0, 0.05) is 11.1 Å². The van der Waals surface area contributed by atoms with Crippen LogP contribution in [-0.2, 0) is 12.6 Å². The van der Waals surface area contributed by atoms with Crippen LogP contribution in [0.25, 0.3) is 0 Å². The third-order valence-electron chi connectivity index (χ3n) is 3.18. The minimum absolute atomic E-state index is 0.0959. The number of rotatable bonds is 3. The summed E-state index contributed by atoms with van der Waals surface area (Å²) in [6.07, 6.45) is -4.17. The summed E-state index contributed by atoms with van der Waals surface area (Å²) in [7, 11) is 0. The first-order valence-corrected chi connectivity index (χ1v) is 6.34. The molecule has 0 amide bonds. The summed E-state index contributed by atoms with van der Waals surface area (Å²) >= 11 is 0. The zero-order valence-corrected chi connectivity index (χ0v) is 11.2. The highest BCUT2D eigenvalue weighted by atomic mass is 19.4. The summed E-state index contributed by atoms with van der Waals surface area (Å²) in [5.74, 6) is -1.93. The van der Waals surface area contributed by atoms with Crippen molar-refractivity contribution < 1.29 is 22.4 Å². The van der Waals surface area contributed by atoms with E-state index in [-0.39, 0.29) is 5.56 Å². The van der Waals surface area contributed by atoms with Gasteiger partial charge < -0.3 is 0 Å². The fraction of sp³-hybridized carbons (Fsp3) is 0.188. The van der Waals surface area contributed by atoms with E-state index in [1.807, 2.05) is 6.92 Å². The number of hydrogen-bond acceptors (Lipinski definition) is 1. The van der Waals surface area contributed by atoms with E-state index in [2.05, 4.69) is 0 Å². The summed E-state index contributed by atoms with van der Waals surface area (Å²) < 4.78 is 51.0. The van der Waals surface area contributed by atoms with Crippen molar-refractivity contribution >= 4 is 5.78 Å². The highest BCUT2D eigenvalue weighted by Crippen LogP contribution is 2.32. The average molecular weight is 296 g/mol. The van der Waals surface area contributed by atoms with E-state index in [4.69, 9.17) is 0 Å². The van der Waals surface area contributed by atoms with E-state index < -0.39 is 23.3 Å².